The van der Waals surface area contributed by atoms with E-state index in [1.54, 1.807) is 4.68 Å². The molecule has 0 atom stereocenters. The number of carboxylic acid groups (broad SMARTS) is 1. The second kappa shape index (κ2) is 3.92. The van der Waals surface area contributed by atoms with Gasteiger partial charge in [-0.2, -0.15) is 10.4 Å². The maximum absolute atomic E-state index is 10.6. The molecule has 1 aromatic heterocycles. The smallest absolute Gasteiger partial charge is 0.309 e. The number of nitriles is 1. The van der Waals surface area contributed by atoms with Crippen LogP contribution in [0.5, 0.6) is 0 Å². The van der Waals surface area contributed by atoms with Crippen molar-refractivity contribution in [1.82, 2.24) is 9.78 Å². The molecule has 0 spiro atoms. The molecular weight excluding hydrogens is 182 g/mol. The Kier molecular flexibility index (Phi) is 2.87. The minimum Gasteiger partial charge on any atom is -0.481 e. The van der Waals surface area contributed by atoms with Gasteiger partial charge in [-0.3, -0.25) is 9.48 Å². The minimum atomic E-state index is -0.955. The third-order valence-corrected chi connectivity index (χ3v) is 1.83. The molecule has 0 fully saturated rings. The topological polar surface area (TPSA) is 78.9 Å². The van der Waals surface area contributed by atoms with E-state index in [0.29, 0.717) is 11.3 Å². The SMILES string of the molecule is CC(C)n1ncc(C#N)c1CC(=O)O. The van der Waals surface area contributed by atoms with E-state index in [4.69, 9.17) is 10.4 Å². The summed E-state index contributed by atoms with van der Waals surface area (Å²) < 4.78 is 1.56. The van der Waals surface area contributed by atoms with Gasteiger partial charge in [0.15, 0.2) is 0 Å². The fraction of sp³-hybridized carbons (Fsp3) is 0.444. The van der Waals surface area contributed by atoms with E-state index in [1.807, 2.05) is 19.9 Å². The van der Waals surface area contributed by atoms with Crippen molar-refractivity contribution in [3.63, 3.8) is 0 Å². The first-order valence-electron chi connectivity index (χ1n) is 4.24. The summed E-state index contributed by atoms with van der Waals surface area (Å²) in [5.41, 5.74) is 0.802. The monoisotopic (exact) mass is 193 g/mol. The lowest BCUT2D eigenvalue weighted by molar-refractivity contribution is -0.136. The van der Waals surface area contributed by atoms with Crippen LogP contribution in [0.25, 0.3) is 0 Å². The molecule has 1 aromatic rings. The number of carboxylic acids is 1. The third-order valence-electron chi connectivity index (χ3n) is 1.83. The van der Waals surface area contributed by atoms with Crippen molar-refractivity contribution in [2.45, 2.75) is 26.3 Å². The van der Waals surface area contributed by atoms with Crippen molar-refractivity contribution < 1.29 is 9.90 Å². The summed E-state index contributed by atoms with van der Waals surface area (Å²) in [6, 6.07) is 1.99. The van der Waals surface area contributed by atoms with Crippen molar-refractivity contribution in [1.29, 1.82) is 5.26 Å². The highest BCUT2D eigenvalue weighted by molar-refractivity contribution is 5.70. The molecule has 0 aliphatic carbocycles. The van der Waals surface area contributed by atoms with E-state index in [-0.39, 0.29) is 12.5 Å². The van der Waals surface area contributed by atoms with E-state index in [0.717, 1.165) is 0 Å². The molecule has 1 heterocycles. The molecule has 0 aromatic carbocycles. The molecule has 14 heavy (non-hydrogen) atoms. The number of nitrogens with zero attached hydrogens (tertiary/aromatic N) is 3. The standard InChI is InChI=1S/C9H11N3O2/c1-6(2)12-8(3-9(13)14)7(4-10)5-11-12/h5-6H,3H2,1-2H3,(H,13,14). The van der Waals surface area contributed by atoms with Gasteiger partial charge in [-0.25, -0.2) is 0 Å². The zero-order valence-electron chi connectivity index (χ0n) is 8.06. The van der Waals surface area contributed by atoms with E-state index in [9.17, 15) is 4.79 Å². The van der Waals surface area contributed by atoms with Crippen LogP contribution in [0.1, 0.15) is 31.1 Å². The number of hydrogen-bond acceptors (Lipinski definition) is 3. The quantitative estimate of drug-likeness (QED) is 0.775. The van der Waals surface area contributed by atoms with Gasteiger partial charge in [0.25, 0.3) is 0 Å². The Morgan fingerprint density at radius 1 is 1.79 bits per heavy atom. The largest absolute Gasteiger partial charge is 0.481 e. The summed E-state index contributed by atoms with van der Waals surface area (Å²) in [7, 11) is 0. The Labute approximate surface area is 81.6 Å². The maximum atomic E-state index is 10.6. The van der Waals surface area contributed by atoms with Gasteiger partial charge in [0.2, 0.25) is 0 Å². The third kappa shape index (κ3) is 1.91. The molecule has 5 heteroatoms. The molecule has 74 valence electrons. The van der Waals surface area contributed by atoms with Crippen LogP contribution in [0.15, 0.2) is 6.20 Å². The summed E-state index contributed by atoms with van der Waals surface area (Å²) in [5, 5.41) is 21.4. The second-order valence-corrected chi connectivity index (χ2v) is 3.23. The highest BCUT2D eigenvalue weighted by Crippen LogP contribution is 2.13. The Hall–Kier alpha value is -1.83. The van der Waals surface area contributed by atoms with E-state index in [2.05, 4.69) is 5.10 Å². The molecule has 0 saturated carbocycles. The average molecular weight is 193 g/mol. The first kappa shape index (κ1) is 10.3. The van der Waals surface area contributed by atoms with Crippen molar-refractivity contribution in [2.24, 2.45) is 0 Å². The average Bonchev–Trinajstić information content (AvgIpc) is 2.46. The highest BCUT2D eigenvalue weighted by Gasteiger charge is 2.15. The molecule has 0 radical (unpaired) electrons. The van der Waals surface area contributed by atoms with Crippen LogP contribution in [0.3, 0.4) is 0 Å². The Bertz CT molecular complexity index is 387. The van der Waals surface area contributed by atoms with Gasteiger partial charge in [-0.1, -0.05) is 0 Å². The molecule has 0 bridgehead atoms. The number of hydrogen-bond donors (Lipinski definition) is 1. The Morgan fingerprint density at radius 2 is 2.43 bits per heavy atom. The minimum absolute atomic E-state index is 0.0615. The number of rotatable bonds is 3. The number of carbonyl (C=O) groups is 1. The maximum Gasteiger partial charge on any atom is 0.309 e. The molecule has 1 N–H and O–H groups in total. The molecule has 0 aliphatic rings. The first-order valence-corrected chi connectivity index (χ1v) is 4.24. The summed E-state index contributed by atoms with van der Waals surface area (Å²) in [4.78, 5) is 10.6. The van der Waals surface area contributed by atoms with Crippen molar-refractivity contribution >= 4 is 5.97 Å². The van der Waals surface area contributed by atoms with Crippen LogP contribution in [-0.4, -0.2) is 20.9 Å². The predicted molar refractivity (Wildman–Crippen MR) is 48.7 cm³/mol. The fourth-order valence-corrected chi connectivity index (χ4v) is 1.25. The normalized spacial score (nSPS) is 10.1. The predicted octanol–water partition coefficient (Wildman–Crippen LogP) is 0.963. The zero-order chi connectivity index (χ0) is 10.7. The van der Waals surface area contributed by atoms with Crippen LogP contribution in [0.4, 0.5) is 0 Å². The second-order valence-electron chi connectivity index (χ2n) is 3.23. The molecule has 0 unspecified atom stereocenters. The van der Waals surface area contributed by atoms with Crippen LogP contribution in [0.2, 0.25) is 0 Å². The zero-order valence-corrected chi connectivity index (χ0v) is 8.06. The van der Waals surface area contributed by atoms with Gasteiger partial charge in [0.1, 0.15) is 6.07 Å². The van der Waals surface area contributed by atoms with E-state index < -0.39 is 5.97 Å². The van der Waals surface area contributed by atoms with Crippen molar-refractivity contribution in [3.8, 4) is 6.07 Å². The summed E-state index contributed by atoms with van der Waals surface area (Å²) >= 11 is 0. The van der Waals surface area contributed by atoms with Crippen molar-refractivity contribution in [3.05, 3.63) is 17.5 Å². The Balaban J connectivity index is 3.14. The summed E-state index contributed by atoms with van der Waals surface area (Å²) in [5.74, 6) is -0.955. The molecule has 0 aliphatic heterocycles. The Morgan fingerprint density at radius 3 is 2.86 bits per heavy atom. The molecular formula is C9H11N3O2. The van der Waals surface area contributed by atoms with Gasteiger partial charge < -0.3 is 5.11 Å². The van der Waals surface area contributed by atoms with Gasteiger partial charge in [0, 0.05) is 6.04 Å². The van der Waals surface area contributed by atoms with Gasteiger partial charge in [-0.05, 0) is 13.8 Å². The fourth-order valence-electron chi connectivity index (χ4n) is 1.25. The number of aliphatic carboxylic acids is 1. The van der Waals surface area contributed by atoms with E-state index in [1.165, 1.54) is 6.20 Å². The van der Waals surface area contributed by atoms with Gasteiger partial charge in [0.05, 0.1) is 23.9 Å². The molecule has 1 rings (SSSR count). The number of aromatic nitrogens is 2. The lowest BCUT2D eigenvalue weighted by Crippen LogP contribution is -2.12. The molecule has 0 saturated heterocycles. The van der Waals surface area contributed by atoms with E-state index >= 15 is 0 Å². The van der Waals surface area contributed by atoms with Gasteiger partial charge in [-0.15, -0.1) is 0 Å². The van der Waals surface area contributed by atoms with Crippen LogP contribution in [0, 0.1) is 11.3 Å². The molecule has 5 nitrogen and oxygen atoms in total. The molecule has 0 amide bonds. The van der Waals surface area contributed by atoms with Crippen LogP contribution in [-0.2, 0) is 11.2 Å². The van der Waals surface area contributed by atoms with Crippen LogP contribution >= 0.6 is 0 Å². The lowest BCUT2D eigenvalue weighted by Gasteiger charge is -2.09. The van der Waals surface area contributed by atoms with Gasteiger partial charge >= 0.3 is 5.97 Å². The lowest BCUT2D eigenvalue weighted by atomic mass is 10.2. The van der Waals surface area contributed by atoms with Crippen LogP contribution < -0.4 is 0 Å². The first-order chi connectivity index (χ1) is 6.56. The highest BCUT2D eigenvalue weighted by atomic mass is 16.4. The summed E-state index contributed by atoms with van der Waals surface area (Å²) in [6.45, 7) is 3.78. The van der Waals surface area contributed by atoms with Crippen molar-refractivity contribution in [2.75, 3.05) is 0 Å². The summed E-state index contributed by atoms with van der Waals surface area (Å²) in [6.07, 6.45) is 1.24.